The Labute approximate surface area is 139 Å². The summed E-state index contributed by atoms with van der Waals surface area (Å²) in [5.74, 6) is -0.192. The largest absolute Gasteiger partial charge is 0.351 e. The highest BCUT2D eigenvalue weighted by atomic mass is 35.5. The van der Waals surface area contributed by atoms with Crippen molar-refractivity contribution in [3.8, 4) is 0 Å². The Kier molecular flexibility index (Phi) is 5.60. The molecule has 0 saturated carbocycles. The minimum absolute atomic E-state index is 0.121. The normalized spacial score (nSPS) is 11.6. The van der Waals surface area contributed by atoms with Crippen LogP contribution in [0.2, 0.25) is 5.02 Å². The third kappa shape index (κ3) is 4.72. The summed E-state index contributed by atoms with van der Waals surface area (Å²) in [4.78, 5) is 23.1. The van der Waals surface area contributed by atoms with E-state index < -0.39 is 6.03 Å². The van der Waals surface area contributed by atoms with E-state index in [9.17, 15) is 9.59 Å². The van der Waals surface area contributed by atoms with Gasteiger partial charge in [0.25, 0.3) is 5.91 Å². The summed E-state index contributed by atoms with van der Waals surface area (Å²) in [5.41, 5.74) is 7.04. The lowest BCUT2D eigenvalue weighted by Gasteiger charge is -2.18. The first-order valence-corrected chi connectivity index (χ1v) is 7.60. The van der Waals surface area contributed by atoms with Gasteiger partial charge in [0.15, 0.2) is 0 Å². The Bertz CT molecular complexity index is 701. The molecule has 0 radical (unpaired) electrons. The number of amides is 3. The van der Waals surface area contributed by atoms with E-state index in [4.69, 9.17) is 17.3 Å². The number of halogens is 1. The summed E-state index contributed by atoms with van der Waals surface area (Å²) < 4.78 is 0. The van der Waals surface area contributed by atoms with E-state index in [-0.39, 0.29) is 11.9 Å². The topological polar surface area (TPSA) is 84.2 Å². The highest BCUT2D eigenvalue weighted by molar-refractivity contribution is 6.30. The zero-order chi connectivity index (χ0) is 16.8. The summed E-state index contributed by atoms with van der Waals surface area (Å²) >= 11 is 6.00. The third-order valence-electron chi connectivity index (χ3n) is 3.38. The third-order valence-corrected chi connectivity index (χ3v) is 3.61. The van der Waals surface area contributed by atoms with Crippen LogP contribution < -0.4 is 16.4 Å². The molecule has 2 rings (SSSR count). The number of rotatable bonds is 5. The van der Waals surface area contributed by atoms with Crippen LogP contribution in [0.4, 0.5) is 10.5 Å². The Morgan fingerprint density at radius 2 is 1.87 bits per heavy atom. The van der Waals surface area contributed by atoms with Gasteiger partial charge in [0.1, 0.15) is 0 Å². The van der Waals surface area contributed by atoms with Gasteiger partial charge in [-0.25, -0.2) is 4.79 Å². The summed E-state index contributed by atoms with van der Waals surface area (Å²) in [6.45, 7) is 1.99. The molecule has 0 fully saturated rings. The van der Waals surface area contributed by atoms with E-state index in [2.05, 4.69) is 10.6 Å². The van der Waals surface area contributed by atoms with Crippen LogP contribution in [0.3, 0.4) is 0 Å². The molecule has 0 heterocycles. The molecule has 120 valence electrons. The van der Waals surface area contributed by atoms with Crippen molar-refractivity contribution in [3.05, 3.63) is 64.7 Å². The molecule has 0 aliphatic carbocycles. The van der Waals surface area contributed by atoms with Crippen LogP contribution in [-0.4, -0.2) is 11.9 Å². The van der Waals surface area contributed by atoms with Gasteiger partial charge in [0.2, 0.25) is 0 Å². The fraction of sp³-hybridized carbons (Fsp3) is 0.176. The number of carbonyl (C=O) groups excluding carboxylic acids is 2. The number of nitrogens with one attached hydrogen (secondary N) is 2. The van der Waals surface area contributed by atoms with Gasteiger partial charge in [0.05, 0.1) is 6.04 Å². The minimum Gasteiger partial charge on any atom is -0.351 e. The highest BCUT2D eigenvalue weighted by Crippen LogP contribution is 2.21. The van der Waals surface area contributed by atoms with Crippen LogP contribution in [-0.2, 0) is 0 Å². The number of hydrogen-bond donors (Lipinski definition) is 3. The number of carbonyl (C=O) groups is 2. The Morgan fingerprint density at radius 3 is 2.43 bits per heavy atom. The maximum Gasteiger partial charge on any atom is 0.316 e. The number of anilines is 1. The van der Waals surface area contributed by atoms with Crippen molar-refractivity contribution in [1.82, 2.24) is 5.32 Å². The van der Waals surface area contributed by atoms with E-state index in [1.807, 2.05) is 25.1 Å². The lowest BCUT2D eigenvalue weighted by molar-refractivity contribution is 0.0935. The van der Waals surface area contributed by atoms with Crippen molar-refractivity contribution in [2.45, 2.75) is 19.4 Å². The fourth-order valence-corrected chi connectivity index (χ4v) is 2.43. The van der Waals surface area contributed by atoms with Gasteiger partial charge < -0.3 is 16.4 Å². The number of primary amides is 1. The molecule has 0 spiro atoms. The van der Waals surface area contributed by atoms with E-state index in [0.29, 0.717) is 16.3 Å². The SMILES string of the molecule is CCC(NC(=O)c1ccc(NC(N)=O)cc1)c1cccc(Cl)c1. The first kappa shape index (κ1) is 16.8. The second kappa shape index (κ2) is 7.65. The minimum atomic E-state index is -0.644. The van der Waals surface area contributed by atoms with Gasteiger partial charge >= 0.3 is 6.03 Å². The predicted molar refractivity (Wildman–Crippen MR) is 91.6 cm³/mol. The Hall–Kier alpha value is -2.53. The van der Waals surface area contributed by atoms with Gasteiger partial charge in [-0.1, -0.05) is 30.7 Å². The Balaban J connectivity index is 2.09. The maximum atomic E-state index is 12.3. The smallest absolute Gasteiger partial charge is 0.316 e. The average molecular weight is 332 g/mol. The van der Waals surface area contributed by atoms with E-state index in [0.717, 1.165) is 12.0 Å². The quantitative estimate of drug-likeness (QED) is 0.780. The molecular formula is C17H18ClN3O2. The molecule has 2 aromatic carbocycles. The monoisotopic (exact) mass is 331 g/mol. The van der Waals surface area contributed by atoms with Gasteiger partial charge in [-0.05, 0) is 48.4 Å². The number of hydrogen-bond acceptors (Lipinski definition) is 2. The zero-order valence-electron chi connectivity index (χ0n) is 12.7. The molecular weight excluding hydrogens is 314 g/mol. The van der Waals surface area contributed by atoms with Gasteiger partial charge in [-0.3, -0.25) is 4.79 Å². The van der Waals surface area contributed by atoms with Gasteiger partial charge in [-0.15, -0.1) is 0 Å². The number of urea groups is 1. The van der Waals surface area contributed by atoms with Crippen molar-refractivity contribution < 1.29 is 9.59 Å². The number of nitrogens with two attached hydrogens (primary N) is 1. The van der Waals surface area contributed by atoms with Crippen molar-refractivity contribution in [2.24, 2.45) is 5.73 Å². The summed E-state index contributed by atoms with van der Waals surface area (Å²) in [5, 5.41) is 6.06. The fourth-order valence-electron chi connectivity index (χ4n) is 2.23. The lowest BCUT2D eigenvalue weighted by atomic mass is 10.0. The molecule has 3 amide bonds. The molecule has 1 atom stereocenters. The zero-order valence-corrected chi connectivity index (χ0v) is 13.4. The summed E-state index contributed by atoms with van der Waals surface area (Å²) in [6.07, 6.45) is 0.743. The van der Waals surface area contributed by atoms with Crippen molar-refractivity contribution in [2.75, 3.05) is 5.32 Å². The lowest BCUT2D eigenvalue weighted by Crippen LogP contribution is -2.28. The average Bonchev–Trinajstić information content (AvgIpc) is 2.52. The van der Waals surface area contributed by atoms with Gasteiger partial charge in [-0.2, -0.15) is 0 Å². The van der Waals surface area contributed by atoms with Crippen molar-refractivity contribution >= 4 is 29.2 Å². The molecule has 5 nitrogen and oxygen atoms in total. The van der Waals surface area contributed by atoms with E-state index >= 15 is 0 Å². The predicted octanol–water partition coefficient (Wildman–Crippen LogP) is 3.71. The van der Waals surface area contributed by atoms with Crippen LogP contribution in [0.1, 0.15) is 35.3 Å². The maximum absolute atomic E-state index is 12.3. The molecule has 1 unspecified atom stereocenters. The summed E-state index contributed by atoms with van der Waals surface area (Å²) in [6, 6.07) is 13.2. The molecule has 0 aliphatic rings. The molecule has 0 bridgehead atoms. The second-order valence-corrected chi connectivity index (χ2v) is 5.49. The van der Waals surface area contributed by atoms with Crippen molar-refractivity contribution in [1.29, 1.82) is 0 Å². The van der Waals surface area contributed by atoms with Crippen LogP contribution in [0.15, 0.2) is 48.5 Å². The van der Waals surface area contributed by atoms with E-state index in [1.54, 1.807) is 30.3 Å². The van der Waals surface area contributed by atoms with Gasteiger partial charge in [0, 0.05) is 16.3 Å². The number of benzene rings is 2. The van der Waals surface area contributed by atoms with Crippen LogP contribution >= 0.6 is 11.6 Å². The standard InChI is InChI=1S/C17H18ClN3O2/c1-2-15(12-4-3-5-13(18)10-12)21-16(22)11-6-8-14(9-7-11)20-17(19)23/h3-10,15H,2H2,1H3,(H,21,22)(H3,19,20,23). The summed E-state index contributed by atoms with van der Waals surface area (Å²) in [7, 11) is 0. The highest BCUT2D eigenvalue weighted by Gasteiger charge is 2.14. The molecule has 2 aromatic rings. The van der Waals surface area contributed by atoms with Crippen LogP contribution in [0.25, 0.3) is 0 Å². The molecule has 0 aromatic heterocycles. The van der Waals surface area contributed by atoms with E-state index in [1.165, 1.54) is 0 Å². The molecule has 4 N–H and O–H groups in total. The molecule has 23 heavy (non-hydrogen) atoms. The molecule has 0 saturated heterocycles. The van der Waals surface area contributed by atoms with Crippen molar-refractivity contribution in [3.63, 3.8) is 0 Å². The Morgan fingerprint density at radius 1 is 1.17 bits per heavy atom. The second-order valence-electron chi connectivity index (χ2n) is 5.06. The van der Waals surface area contributed by atoms with Crippen LogP contribution in [0.5, 0.6) is 0 Å². The first-order chi connectivity index (χ1) is 11.0. The first-order valence-electron chi connectivity index (χ1n) is 7.22. The molecule has 6 heteroatoms. The van der Waals surface area contributed by atoms with Crippen LogP contribution in [0, 0.1) is 0 Å². The molecule has 0 aliphatic heterocycles.